The van der Waals surface area contributed by atoms with E-state index in [9.17, 15) is 14.4 Å². The Bertz CT molecular complexity index is 308. The largest absolute Gasteiger partial charge is 0.469 e. The molecule has 0 saturated carbocycles. The molecule has 90 valence electrons. The van der Waals surface area contributed by atoms with Crippen LogP contribution in [-0.2, 0) is 19.1 Å². The molecule has 0 aromatic rings. The van der Waals surface area contributed by atoms with Gasteiger partial charge in [-0.05, 0) is 6.26 Å². The first-order valence-corrected chi connectivity index (χ1v) is 7.32. The van der Waals surface area contributed by atoms with E-state index in [2.05, 4.69) is 4.74 Å². The van der Waals surface area contributed by atoms with Crippen molar-refractivity contribution in [2.24, 2.45) is 0 Å². The molecule has 0 radical (unpaired) electrons. The Morgan fingerprint density at radius 2 is 2.25 bits per heavy atom. The van der Waals surface area contributed by atoms with Gasteiger partial charge < -0.3 is 4.74 Å². The van der Waals surface area contributed by atoms with Gasteiger partial charge in [-0.25, -0.2) is 0 Å². The van der Waals surface area contributed by atoms with Gasteiger partial charge in [-0.1, -0.05) is 21.6 Å². The van der Waals surface area contributed by atoms with Gasteiger partial charge in [0.25, 0.3) is 0 Å². The number of esters is 1. The molecule has 0 spiro atoms. The van der Waals surface area contributed by atoms with Crippen molar-refractivity contribution in [3.63, 3.8) is 0 Å². The minimum absolute atomic E-state index is 0.0602. The fourth-order valence-corrected chi connectivity index (χ4v) is 3.18. The van der Waals surface area contributed by atoms with Gasteiger partial charge >= 0.3 is 5.97 Å². The minimum Gasteiger partial charge on any atom is -0.469 e. The molecule has 0 bridgehead atoms. The third kappa shape index (κ3) is 3.15. The normalized spacial score (nSPS) is 20.4. The Morgan fingerprint density at radius 1 is 1.56 bits per heavy atom. The predicted octanol–water partition coefficient (Wildman–Crippen LogP) is 0.688. The number of rotatable bonds is 5. The summed E-state index contributed by atoms with van der Waals surface area (Å²) in [5.74, 6) is -0.824. The molecule has 7 heteroatoms. The molecular weight excluding hydrogens is 250 g/mol. The number of carbonyl (C=O) groups is 3. The maximum atomic E-state index is 11.7. The number of hydrogen-bond acceptors (Lipinski definition) is 6. The van der Waals surface area contributed by atoms with Crippen molar-refractivity contribution in [1.29, 1.82) is 0 Å². The molecule has 1 saturated heterocycles. The highest BCUT2D eigenvalue weighted by atomic mass is 33.1. The molecule has 0 aromatic carbocycles. The summed E-state index contributed by atoms with van der Waals surface area (Å²) in [6.07, 6.45) is 2.15. The molecule has 16 heavy (non-hydrogen) atoms. The van der Waals surface area contributed by atoms with Crippen molar-refractivity contribution in [2.45, 2.75) is 18.1 Å². The minimum atomic E-state index is -0.415. The second-order valence-electron chi connectivity index (χ2n) is 3.17. The Balaban J connectivity index is 2.51. The maximum Gasteiger partial charge on any atom is 0.307 e. The van der Waals surface area contributed by atoms with Crippen LogP contribution in [0.3, 0.4) is 0 Å². The number of imide groups is 1. The van der Waals surface area contributed by atoms with Crippen LogP contribution in [0.15, 0.2) is 0 Å². The summed E-state index contributed by atoms with van der Waals surface area (Å²) in [4.78, 5) is 35.3. The molecule has 0 aromatic heterocycles. The zero-order chi connectivity index (χ0) is 12.1. The summed E-state index contributed by atoms with van der Waals surface area (Å²) >= 11 is 0. The number of methoxy groups -OCH3 is 1. The first-order valence-electron chi connectivity index (χ1n) is 4.70. The summed E-state index contributed by atoms with van der Waals surface area (Å²) in [5.41, 5.74) is 0. The van der Waals surface area contributed by atoms with Crippen LogP contribution in [0.1, 0.15) is 12.8 Å². The number of carbonyl (C=O) groups excluding carboxylic acids is 3. The van der Waals surface area contributed by atoms with Crippen molar-refractivity contribution in [2.75, 3.05) is 19.9 Å². The predicted molar refractivity (Wildman–Crippen MR) is 62.9 cm³/mol. The lowest BCUT2D eigenvalue weighted by Gasteiger charge is -2.13. The van der Waals surface area contributed by atoms with Crippen LogP contribution in [0.2, 0.25) is 0 Å². The Kier molecular flexibility index (Phi) is 5.14. The van der Waals surface area contributed by atoms with E-state index in [4.69, 9.17) is 0 Å². The molecule has 1 aliphatic heterocycles. The molecule has 1 atom stereocenters. The topological polar surface area (TPSA) is 63.7 Å². The SMILES string of the molecule is COC(=O)CCN1C(=O)CC(SSC)C1=O. The molecule has 1 rings (SSSR count). The van der Waals surface area contributed by atoms with Gasteiger partial charge in [0, 0.05) is 13.0 Å². The van der Waals surface area contributed by atoms with E-state index in [0.717, 1.165) is 4.90 Å². The fraction of sp³-hybridized carbons (Fsp3) is 0.667. The van der Waals surface area contributed by atoms with Crippen LogP contribution < -0.4 is 0 Å². The molecule has 0 aliphatic carbocycles. The number of hydrogen-bond donors (Lipinski definition) is 0. The van der Waals surface area contributed by atoms with Crippen LogP contribution in [0.5, 0.6) is 0 Å². The number of likely N-dealkylation sites (tertiary alicyclic amines) is 1. The number of ether oxygens (including phenoxy) is 1. The Morgan fingerprint density at radius 3 is 2.81 bits per heavy atom. The second kappa shape index (κ2) is 6.15. The average molecular weight is 263 g/mol. The zero-order valence-corrected chi connectivity index (χ0v) is 10.7. The van der Waals surface area contributed by atoms with Gasteiger partial charge in [-0.2, -0.15) is 0 Å². The lowest BCUT2D eigenvalue weighted by atomic mass is 10.4. The summed E-state index contributed by atoms with van der Waals surface area (Å²) in [5, 5.41) is -0.305. The fourth-order valence-electron chi connectivity index (χ4n) is 1.38. The number of nitrogens with zero attached hydrogens (tertiary/aromatic N) is 1. The van der Waals surface area contributed by atoms with E-state index in [-0.39, 0.29) is 36.5 Å². The second-order valence-corrected chi connectivity index (χ2v) is 5.84. The standard InChI is InChI=1S/C9H13NO4S2/c1-14-8(12)3-4-10-7(11)5-6(9(10)13)16-15-2/h6H,3-5H2,1-2H3. The van der Waals surface area contributed by atoms with Crippen molar-refractivity contribution in [3.05, 3.63) is 0 Å². The third-order valence-electron chi connectivity index (χ3n) is 2.18. The monoisotopic (exact) mass is 263 g/mol. The van der Waals surface area contributed by atoms with Gasteiger partial charge in [0.15, 0.2) is 0 Å². The molecule has 2 amide bonds. The molecule has 1 unspecified atom stereocenters. The summed E-state index contributed by atoms with van der Waals surface area (Å²) < 4.78 is 4.46. The molecule has 1 heterocycles. The van der Waals surface area contributed by atoms with Gasteiger partial charge in [-0.15, -0.1) is 0 Å². The number of amides is 2. The van der Waals surface area contributed by atoms with Crippen LogP contribution in [0.4, 0.5) is 0 Å². The van der Waals surface area contributed by atoms with Crippen LogP contribution >= 0.6 is 21.6 Å². The molecule has 0 N–H and O–H groups in total. The van der Waals surface area contributed by atoms with E-state index in [1.165, 1.54) is 28.7 Å². The van der Waals surface area contributed by atoms with Crippen molar-refractivity contribution < 1.29 is 19.1 Å². The van der Waals surface area contributed by atoms with E-state index >= 15 is 0 Å². The van der Waals surface area contributed by atoms with Gasteiger partial charge in [-0.3, -0.25) is 19.3 Å². The Hall–Kier alpha value is -0.690. The van der Waals surface area contributed by atoms with Gasteiger partial charge in [0.1, 0.15) is 5.25 Å². The zero-order valence-electron chi connectivity index (χ0n) is 9.10. The van der Waals surface area contributed by atoms with Gasteiger partial charge in [0.05, 0.1) is 13.5 Å². The quantitative estimate of drug-likeness (QED) is 0.413. The summed E-state index contributed by atoms with van der Waals surface area (Å²) in [6.45, 7) is 0.121. The van der Waals surface area contributed by atoms with E-state index < -0.39 is 5.97 Å². The van der Waals surface area contributed by atoms with E-state index in [0.29, 0.717) is 0 Å². The molecule has 5 nitrogen and oxygen atoms in total. The smallest absolute Gasteiger partial charge is 0.307 e. The molecule has 1 fully saturated rings. The highest BCUT2D eigenvalue weighted by Gasteiger charge is 2.38. The van der Waals surface area contributed by atoms with Crippen LogP contribution in [-0.4, -0.2) is 47.8 Å². The van der Waals surface area contributed by atoms with Crippen molar-refractivity contribution >= 4 is 39.4 Å². The van der Waals surface area contributed by atoms with Crippen LogP contribution in [0, 0.1) is 0 Å². The first-order chi connectivity index (χ1) is 7.60. The highest BCUT2D eigenvalue weighted by Crippen LogP contribution is 2.32. The average Bonchev–Trinajstić information content (AvgIpc) is 2.52. The molecular formula is C9H13NO4S2. The highest BCUT2D eigenvalue weighted by molar-refractivity contribution is 8.76. The van der Waals surface area contributed by atoms with Crippen LogP contribution in [0.25, 0.3) is 0 Å². The van der Waals surface area contributed by atoms with E-state index in [1.807, 2.05) is 6.26 Å². The first kappa shape index (κ1) is 13.4. The maximum absolute atomic E-state index is 11.7. The molecule has 1 aliphatic rings. The van der Waals surface area contributed by atoms with Gasteiger partial charge in [0.2, 0.25) is 11.8 Å². The lowest BCUT2D eigenvalue weighted by Crippen LogP contribution is -2.33. The van der Waals surface area contributed by atoms with Crippen molar-refractivity contribution in [1.82, 2.24) is 4.90 Å². The van der Waals surface area contributed by atoms with Crippen molar-refractivity contribution in [3.8, 4) is 0 Å². The summed E-state index contributed by atoms with van der Waals surface area (Å²) in [6, 6.07) is 0. The lowest BCUT2D eigenvalue weighted by molar-refractivity contribution is -0.143. The summed E-state index contributed by atoms with van der Waals surface area (Å²) in [7, 11) is 4.12. The third-order valence-corrected chi connectivity index (χ3v) is 4.25. The van der Waals surface area contributed by atoms with E-state index in [1.54, 1.807) is 0 Å². The Labute approximate surface area is 102 Å².